The second-order valence-corrected chi connectivity index (χ2v) is 7.90. The number of hydrogen-bond donors (Lipinski definition) is 0. The largest absolute Gasteiger partial charge is 0.453 e. The fraction of sp³-hybridized carbons (Fsp3) is 0.571. The van der Waals surface area contributed by atoms with Gasteiger partial charge in [0.1, 0.15) is 0 Å². The molecule has 2 aliphatic heterocycles. The van der Waals surface area contributed by atoms with Gasteiger partial charge in [0.15, 0.2) is 0 Å². The number of rotatable bonds is 2. The monoisotopic (exact) mass is 416 g/mol. The highest BCUT2D eigenvalue weighted by molar-refractivity contribution is 5.86. The summed E-state index contributed by atoms with van der Waals surface area (Å²) in [5.41, 5.74) is 0.998. The molecule has 4 rings (SSSR count). The Kier molecular flexibility index (Phi) is 5.80. The van der Waals surface area contributed by atoms with E-state index in [9.17, 15) is 14.4 Å². The van der Waals surface area contributed by atoms with Crippen molar-refractivity contribution < 1.29 is 19.1 Å². The van der Waals surface area contributed by atoms with Crippen molar-refractivity contribution in [2.75, 3.05) is 40.4 Å². The number of aromatic nitrogens is 2. The van der Waals surface area contributed by atoms with Gasteiger partial charge in [-0.05, 0) is 37.8 Å². The van der Waals surface area contributed by atoms with E-state index in [1.165, 1.54) is 14.2 Å². The zero-order valence-electron chi connectivity index (χ0n) is 17.5. The van der Waals surface area contributed by atoms with Gasteiger partial charge in [-0.15, -0.1) is 0 Å². The number of amides is 1. The lowest BCUT2D eigenvalue weighted by Gasteiger charge is -2.41. The summed E-state index contributed by atoms with van der Waals surface area (Å²) in [6.45, 7) is 3.20. The van der Waals surface area contributed by atoms with Gasteiger partial charge in [0, 0.05) is 38.3 Å². The fourth-order valence-electron chi connectivity index (χ4n) is 4.84. The molecule has 0 atom stereocenters. The molecule has 1 amide bonds. The molecule has 162 valence electrons. The van der Waals surface area contributed by atoms with E-state index in [2.05, 4.69) is 4.90 Å². The Balaban J connectivity index is 1.47. The molecule has 2 aromatic rings. The number of piperidine rings is 2. The van der Waals surface area contributed by atoms with E-state index in [0.717, 1.165) is 48.9 Å². The second-order valence-electron chi connectivity index (χ2n) is 7.90. The number of nitrogens with zero attached hydrogens (tertiary/aromatic N) is 4. The third-order valence-electron chi connectivity index (χ3n) is 6.41. The van der Waals surface area contributed by atoms with Gasteiger partial charge in [0.25, 0.3) is 0 Å². The number of hydrogen-bond acceptors (Lipinski definition) is 6. The molecule has 0 N–H and O–H groups in total. The normalized spacial score (nSPS) is 19.2. The number of methoxy groups -OCH3 is 2. The Morgan fingerprint density at radius 1 is 0.833 bits per heavy atom. The minimum absolute atomic E-state index is 0.0414. The molecule has 30 heavy (non-hydrogen) atoms. The lowest BCUT2D eigenvalue weighted by Crippen LogP contribution is -2.49. The minimum atomic E-state index is -0.662. The number of ether oxygens (including phenoxy) is 2. The van der Waals surface area contributed by atoms with Crippen LogP contribution in [0.15, 0.2) is 29.1 Å². The number of imidazole rings is 1. The molecule has 2 aliphatic rings. The van der Waals surface area contributed by atoms with Crippen LogP contribution in [0, 0.1) is 0 Å². The molecule has 9 heteroatoms. The Labute approximate surface area is 174 Å². The van der Waals surface area contributed by atoms with E-state index in [0.29, 0.717) is 24.6 Å². The van der Waals surface area contributed by atoms with Gasteiger partial charge in [0.2, 0.25) is 0 Å². The van der Waals surface area contributed by atoms with Gasteiger partial charge in [-0.3, -0.25) is 4.57 Å². The van der Waals surface area contributed by atoms with Gasteiger partial charge in [-0.25, -0.2) is 14.4 Å². The van der Waals surface area contributed by atoms with Crippen LogP contribution in [0.25, 0.3) is 11.0 Å². The summed E-state index contributed by atoms with van der Waals surface area (Å²) in [6, 6.07) is 7.83. The lowest BCUT2D eigenvalue weighted by molar-refractivity contribution is 0.0686. The Hall–Kier alpha value is -2.81. The number of carbonyl (C=O) groups excluding carboxylic acids is 2. The van der Waals surface area contributed by atoms with Crippen LogP contribution < -0.4 is 5.69 Å². The van der Waals surface area contributed by atoms with Crippen LogP contribution in [0.3, 0.4) is 0 Å². The summed E-state index contributed by atoms with van der Waals surface area (Å²) < 4.78 is 12.5. The Bertz CT molecular complexity index is 981. The van der Waals surface area contributed by atoms with Crippen molar-refractivity contribution in [3.05, 3.63) is 34.7 Å². The van der Waals surface area contributed by atoms with Crippen molar-refractivity contribution in [3.63, 3.8) is 0 Å². The number of carbonyl (C=O) groups is 2. The zero-order valence-corrected chi connectivity index (χ0v) is 17.5. The van der Waals surface area contributed by atoms with Crippen molar-refractivity contribution in [3.8, 4) is 0 Å². The minimum Gasteiger partial charge on any atom is -0.453 e. The van der Waals surface area contributed by atoms with Crippen LogP contribution >= 0.6 is 0 Å². The Morgan fingerprint density at radius 2 is 1.40 bits per heavy atom. The Morgan fingerprint density at radius 3 is 2.00 bits per heavy atom. The molecule has 0 unspecified atom stereocenters. The molecule has 2 saturated heterocycles. The SMILES string of the molecule is COC(=O)N1CCC(N2CCC(n3c(=O)n(C(=O)OC)c4ccccc43)CC2)CC1. The maximum absolute atomic E-state index is 13.1. The topological polar surface area (TPSA) is 86.0 Å². The highest BCUT2D eigenvalue weighted by atomic mass is 16.5. The molecule has 1 aromatic carbocycles. The van der Waals surface area contributed by atoms with E-state index in [1.54, 1.807) is 15.5 Å². The number of benzene rings is 1. The molecular weight excluding hydrogens is 388 g/mol. The molecule has 3 heterocycles. The van der Waals surface area contributed by atoms with E-state index in [-0.39, 0.29) is 17.8 Å². The molecule has 0 bridgehead atoms. The fourth-order valence-corrected chi connectivity index (χ4v) is 4.84. The van der Waals surface area contributed by atoms with Gasteiger partial charge >= 0.3 is 17.9 Å². The van der Waals surface area contributed by atoms with E-state index >= 15 is 0 Å². The van der Waals surface area contributed by atoms with Gasteiger partial charge in [-0.1, -0.05) is 12.1 Å². The zero-order chi connectivity index (χ0) is 21.3. The van der Waals surface area contributed by atoms with Crippen molar-refractivity contribution >= 4 is 23.2 Å². The first kappa shape index (κ1) is 20.5. The molecule has 1 aromatic heterocycles. The summed E-state index contributed by atoms with van der Waals surface area (Å²) in [7, 11) is 2.70. The quantitative estimate of drug-likeness (QED) is 0.747. The first-order valence-electron chi connectivity index (χ1n) is 10.4. The predicted octanol–water partition coefficient (Wildman–Crippen LogP) is 2.29. The van der Waals surface area contributed by atoms with Crippen LogP contribution in [0.5, 0.6) is 0 Å². The second kappa shape index (κ2) is 8.51. The molecule has 0 radical (unpaired) electrons. The summed E-state index contributed by atoms with van der Waals surface area (Å²) in [5, 5.41) is 0. The third kappa shape index (κ3) is 3.58. The smallest absolute Gasteiger partial charge is 0.422 e. The predicted molar refractivity (Wildman–Crippen MR) is 111 cm³/mol. The number of para-hydroxylation sites is 2. The number of fused-ring (bicyclic) bond motifs is 1. The first-order valence-corrected chi connectivity index (χ1v) is 10.4. The number of likely N-dealkylation sites (tertiary alicyclic amines) is 2. The van der Waals surface area contributed by atoms with Gasteiger partial charge in [0.05, 0.1) is 25.3 Å². The van der Waals surface area contributed by atoms with Crippen LogP contribution in [0.2, 0.25) is 0 Å². The van der Waals surface area contributed by atoms with E-state index < -0.39 is 6.09 Å². The van der Waals surface area contributed by atoms with Crippen molar-refractivity contribution in [2.45, 2.75) is 37.8 Å². The van der Waals surface area contributed by atoms with Crippen LogP contribution in [0.1, 0.15) is 31.7 Å². The van der Waals surface area contributed by atoms with Crippen LogP contribution in [0.4, 0.5) is 9.59 Å². The highest BCUT2D eigenvalue weighted by Gasteiger charge is 2.32. The maximum atomic E-state index is 13.1. The summed E-state index contributed by atoms with van der Waals surface area (Å²) in [5.74, 6) is 0. The maximum Gasteiger partial charge on any atom is 0.422 e. The van der Waals surface area contributed by atoms with Crippen molar-refractivity contribution in [1.82, 2.24) is 18.9 Å². The molecule has 2 fully saturated rings. The molecule has 0 saturated carbocycles. The standard InChI is InChI=1S/C21H28N4O5/c1-29-20(27)23-13-7-15(8-14-23)22-11-9-16(10-12-22)24-17-5-3-4-6-18(17)25(19(24)26)21(28)30-2/h3-6,15-16H,7-14H2,1-2H3. The molecule has 9 nitrogen and oxygen atoms in total. The van der Waals surface area contributed by atoms with Crippen molar-refractivity contribution in [2.24, 2.45) is 0 Å². The van der Waals surface area contributed by atoms with Crippen LogP contribution in [-0.4, -0.2) is 77.6 Å². The van der Waals surface area contributed by atoms with E-state index in [4.69, 9.17) is 9.47 Å². The van der Waals surface area contributed by atoms with Gasteiger partial charge < -0.3 is 19.3 Å². The molecule has 0 aliphatic carbocycles. The van der Waals surface area contributed by atoms with E-state index in [1.807, 2.05) is 18.2 Å². The van der Waals surface area contributed by atoms with Crippen LogP contribution in [-0.2, 0) is 9.47 Å². The van der Waals surface area contributed by atoms with Crippen molar-refractivity contribution in [1.29, 1.82) is 0 Å². The summed E-state index contributed by atoms with van der Waals surface area (Å²) in [4.78, 5) is 41.1. The van der Waals surface area contributed by atoms with Gasteiger partial charge in [-0.2, -0.15) is 4.57 Å². The average molecular weight is 416 g/mol. The molecule has 0 spiro atoms. The third-order valence-corrected chi connectivity index (χ3v) is 6.41. The first-order chi connectivity index (χ1) is 14.5. The highest BCUT2D eigenvalue weighted by Crippen LogP contribution is 2.29. The average Bonchev–Trinajstić information content (AvgIpc) is 3.10. The summed E-state index contributed by atoms with van der Waals surface area (Å²) in [6.07, 6.45) is 2.62. The summed E-state index contributed by atoms with van der Waals surface area (Å²) >= 11 is 0. The lowest BCUT2D eigenvalue weighted by atomic mass is 9.97. The molecular formula is C21H28N4O5.